The molecule has 0 aliphatic heterocycles. The summed E-state index contributed by atoms with van der Waals surface area (Å²) in [7, 11) is 0. The van der Waals surface area contributed by atoms with Gasteiger partial charge in [0, 0.05) is 23.4 Å². The van der Waals surface area contributed by atoms with E-state index in [0.29, 0.717) is 16.8 Å². The number of ether oxygens (including phenoxy) is 1. The molecule has 140 valence electrons. The molecule has 1 aromatic heterocycles. The summed E-state index contributed by atoms with van der Waals surface area (Å²) in [5, 5.41) is 9.06. The van der Waals surface area contributed by atoms with Crippen molar-refractivity contribution in [2.45, 2.75) is 33.0 Å². The van der Waals surface area contributed by atoms with E-state index < -0.39 is 11.6 Å². The topological polar surface area (TPSA) is 76.5 Å². The van der Waals surface area contributed by atoms with Crippen LogP contribution in [0.2, 0.25) is 0 Å². The van der Waals surface area contributed by atoms with Crippen molar-refractivity contribution >= 4 is 23.9 Å². The van der Waals surface area contributed by atoms with Crippen LogP contribution >= 0.6 is 0 Å². The molecule has 5 nitrogen and oxygen atoms in total. The zero-order valence-electron chi connectivity index (χ0n) is 15.7. The summed E-state index contributed by atoms with van der Waals surface area (Å²) in [6.07, 6.45) is 7.61. The lowest BCUT2D eigenvalue weighted by atomic mass is 10.1. The molecule has 0 atom stereocenters. The van der Waals surface area contributed by atoms with Crippen molar-refractivity contribution in [2.24, 2.45) is 0 Å². The summed E-state index contributed by atoms with van der Waals surface area (Å²) < 4.78 is 5.23. The molecule has 0 radical (unpaired) electrons. The lowest BCUT2D eigenvalue weighted by Gasteiger charge is -2.17. The van der Waals surface area contributed by atoms with Crippen LogP contribution in [0.5, 0.6) is 0 Å². The normalized spacial score (nSPS) is 11.9. The molecule has 1 aromatic carbocycles. The number of allylic oxidation sites excluding steroid dienone is 1. The van der Waals surface area contributed by atoms with Crippen LogP contribution in [-0.4, -0.2) is 27.4 Å². The Kier molecular flexibility index (Phi) is 6.79. The lowest BCUT2D eigenvalue weighted by Crippen LogP contribution is -2.22. The Labute approximate surface area is 159 Å². The number of hydrogen-bond donors (Lipinski definition) is 1. The van der Waals surface area contributed by atoms with Crippen molar-refractivity contribution in [2.75, 3.05) is 0 Å². The van der Waals surface area contributed by atoms with Crippen LogP contribution in [0.25, 0.3) is 12.2 Å². The Morgan fingerprint density at radius 1 is 1.07 bits per heavy atom. The lowest BCUT2D eigenvalue weighted by molar-refractivity contribution is -0.148. The van der Waals surface area contributed by atoms with E-state index in [4.69, 9.17) is 9.84 Å². The molecule has 0 saturated heterocycles. The SMILES string of the molecule is CC(C)(C)OC(=O)C=Cc1ncccc1C=CC(=O)c1ccc(CO)cc1. The van der Waals surface area contributed by atoms with Crippen LogP contribution in [0.15, 0.2) is 54.7 Å². The van der Waals surface area contributed by atoms with Crippen molar-refractivity contribution in [1.82, 2.24) is 4.98 Å². The fourth-order valence-corrected chi connectivity index (χ4v) is 2.23. The molecule has 2 rings (SSSR count). The molecule has 5 heteroatoms. The highest BCUT2D eigenvalue weighted by Gasteiger charge is 2.14. The Balaban J connectivity index is 2.13. The number of aromatic nitrogens is 1. The van der Waals surface area contributed by atoms with Gasteiger partial charge >= 0.3 is 5.97 Å². The smallest absolute Gasteiger partial charge is 0.331 e. The van der Waals surface area contributed by atoms with Gasteiger partial charge in [0.15, 0.2) is 5.78 Å². The number of nitrogens with zero attached hydrogens (tertiary/aromatic N) is 1. The average Bonchev–Trinajstić information content (AvgIpc) is 2.63. The quantitative estimate of drug-likeness (QED) is 0.478. The highest BCUT2D eigenvalue weighted by molar-refractivity contribution is 6.07. The molecular formula is C22H23NO4. The molecule has 2 aromatic rings. The predicted octanol–water partition coefficient (Wildman–Crippen LogP) is 3.82. The number of ketones is 1. The number of hydrogen-bond acceptors (Lipinski definition) is 5. The first-order valence-electron chi connectivity index (χ1n) is 8.57. The van der Waals surface area contributed by atoms with Gasteiger partial charge in [-0.2, -0.15) is 0 Å². The number of carbonyl (C=O) groups excluding carboxylic acids is 2. The van der Waals surface area contributed by atoms with Gasteiger partial charge in [-0.3, -0.25) is 9.78 Å². The number of pyridine rings is 1. The minimum Gasteiger partial charge on any atom is -0.457 e. The van der Waals surface area contributed by atoms with Crippen LogP contribution < -0.4 is 0 Å². The van der Waals surface area contributed by atoms with Crippen LogP contribution in [0.1, 0.15) is 48.0 Å². The molecule has 0 bridgehead atoms. The van der Waals surface area contributed by atoms with E-state index >= 15 is 0 Å². The highest BCUT2D eigenvalue weighted by atomic mass is 16.6. The largest absolute Gasteiger partial charge is 0.457 e. The molecule has 0 amide bonds. The number of rotatable bonds is 6. The van der Waals surface area contributed by atoms with Gasteiger partial charge < -0.3 is 9.84 Å². The summed E-state index contributed by atoms with van der Waals surface area (Å²) in [5.41, 5.74) is 1.97. The number of carbonyl (C=O) groups is 2. The van der Waals surface area contributed by atoms with Crippen molar-refractivity contribution in [3.63, 3.8) is 0 Å². The van der Waals surface area contributed by atoms with Gasteiger partial charge in [0.05, 0.1) is 12.3 Å². The van der Waals surface area contributed by atoms with Crippen LogP contribution in [0.4, 0.5) is 0 Å². The third kappa shape index (κ3) is 6.64. The molecule has 0 fully saturated rings. The number of esters is 1. The first-order chi connectivity index (χ1) is 12.8. The van der Waals surface area contributed by atoms with Crippen LogP contribution in [0, 0.1) is 0 Å². The van der Waals surface area contributed by atoms with Crippen LogP contribution in [-0.2, 0) is 16.1 Å². The maximum absolute atomic E-state index is 12.3. The zero-order chi connectivity index (χ0) is 19.9. The van der Waals surface area contributed by atoms with E-state index in [2.05, 4.69) is 4.98 Å². The van der Waals surface area contributed by atoms with Crippen molar-refractivity contribution in [3.8, 4) is 0 Å². The fourth-order valence-electron chi connectivity index (χ4n) is 2.23. The summed E-state index contributed by atoms with van der Waals surface area (Å²) in [4.78, 5) is 28.3. The minimum absolute atomic E-state index is 0.0622. The van der Waals surface area contributed by atoms with Gasteiger partial charge in [0.25, 0.3) is 0 Å². The molecular weight excluding hydrogens is 342 g/mol. The molecule has 0 spiro atoms. The monoisotopic (exact) mass is 365 g/mol. The molecule has 0 saturated carbocycles. The van der Waals surface area contributed by atoms with Gasteiger partial charge in [0.2, 0.25) is 0 Å². The maximum atomic E-state index is 12.3. The molecule has 0 aliphatic rings. The first-order valence-corrected chi connectivity index (χ1v) is 8.57. The summed E-state index contributed by atoms with van der Waals surface area (Å²) in [6.45, 7) is 5.33. The second-order valence-corrected chi connectivity index (χ2v) is 6.90. The number of aliphatic hydroxyl groups is 1. The third-order valence-corrected chi connectivity index (χ3v) is 3.49. The Morgan fingerprint density at radius 3 is 2.41 bits per heavy atom. The van der Waals surface area contributed by atoms with Gasteiger partial charge in [-0.15, -0.1) is 0 Å². The zero-order valence-corrected chi connectivity index (χ0v) is 15.7. The van der Waals surface area contributed by atoms with Gasteiger partial charge in [-0.25, -0.2) is 4.79 Å². The Morgan fingerprint density at radius 2 is 1.78 bits per heavy atom. The van der Waals surface area contributed by atoms with E-state index in [-0.39, 0.29) is 12.4 Å². The molecule has 0 aliphatic carbocycles. The van der Waals surface area contributed by atoms with Crippen molar-refractivity contribution in [1.29, 1.82) is 0 Å². The average molecular weight is 365 g/mol. The molecule has 27 heavy (non-hydrogen) atoms. The van der Waals surface area contributed by atoms with E-state index in [1.165, 1.54) is 12.2 Å². The van der Waals surface area contributed by atoms with Gasteiger partial charge in [-0.1, -0.05) is 30.3 Å². The second-order valence-electron chi connectivity index (χ2n) is 6.90. The minimum atomic E-state index is -0.563. The maximum Gasteiger partial charge on any atom is 0.331 e. The summed E-state index contributed by atoms with van der Waals surface area (Å²) >= 11 is 0. The summed E-state index contributed by atoms with van der Waals surface area (Å²) in [5.74, 6) is -0.617. The van der Waals surface area contributed by atoms with E-state index in [1.54, 1.807) is 75.5 Å². The van der Waals surface area contributed by atoms with E-state index in [9.17, 15) is 9.59 Å². The fraction of sp³-hybridized carbons (Fsp3) is 0.227. The number of benzene rings is 1. The summed E-state index contributed by atoms with van der Waals surface area (Å²) in [6, 6.07) is 10.3. The second kappa shape index (κ2) is 9.05. The Bertz CT molecular complexity index is 859. The number of aliphatic hydroxyl groups excluding tert-OH is 1. The molecule has 0 unspecified atom stereocenters. The molecule has 1 N–H and O–H groups in total. The first kappa shape index (κ1) is 20.3. The highest BCUT2D eigenvalue weighted by Crippen LogP contribution is 2.13. The standard InChI is InChI=1S/C22H23NO4/c1-22(2,3)27-21(26)13-11-19-17(5-4-14-23-19)10-12-20(25)18-8-6-16(15-24)7-9-18/h4-14,24H,15H2,1-3H3. The molecule has 1 heterocycles. The van der Waals surface area contributed by atoms with Crippen LogP contribution in [0.3, 0.4) is 0 Å². The predicted molar refractivity (Wildman–Crippen MR) is 105 cm³/mol. The Hall–Kier alpha value is -3.05. The van der Waals surface area contributed by atoms with E-state index in [0.717, 1.165) is 5.56 Å². The van der Waals surface area contributed by atoms with E-state index in [1.807, 2.05) is 0 Å². The van der Waals surface area contributed by atoms with Gasteiger partial charge in [0.1, 0.15) is 5.60 Å². The van der Waals surface area contributed by atoms with Gasteiger partial charge in [-0.05, 0) is 50.6 Å². The van der Waals surface area contributed by atoms with Crippen molar-refractivity contribution < 1.29 is 19.4 Å². The third-order valence-electron chi connectivity index (χ3n) is 3.49. The van der Waals surface area contributed by atoms with Crippen molar-refractivity contribution in [3.05, 3.63) is 77.1 Å².